The highest BCUT2D eigenvalue weighted by Crippen LogP contribution is 2.18. The first-order chi connectivity index (χ1) is 10.7. The lowest BCUT2D eigenvalue weighted by Gasteiger charge is -2.30. The standard InChI is InChI=1S/C17H21N3O2/c21-15(10-19-17(22)16-6-3-8-18-16)12-20-9-7-13-4-1-2-5-14(13)11-20/h1-5,8,15,21H,6-7,9-12H2,(H,19,22). The Morgan fingerprint density at radius 3 is 2.95 bits per heavy atom. The van der Waals surface area contributed by atoms with Gasteiger partial charge in [-0.1, -0.05) is 30.3 Å². The van der Waals surface area contributed by atoms with Gasteiger partial charge in [0.15, 0.2) is 0 Å². The van der Waals surface area contributed by atoms with Gasteiger partial charge in [-0.05, 0) is 17.5 Å². The number of carbonyl (C=O) groups excluding carboxylic acids is 1. The van der Waals surface area contributed by atoms with Crippen LogP contribution in [-0.4, -0.2) is 47.4 Å². The van der Waals surface area contributed by atoms with Gasteiger partial charge in [-0.2, -0.15) is 0 Å². The Balaban J connectivity index is 1.44. The predicted octanol–water partition coefficient (Wildman–Crippen LogP) is 0.880. The van der Waals surface area contributed by atoms with Gasteiger partial charge >= 0.3 is 0 Å². The number of fused-ring (bicyclic) bond motifs is 1. The molecule has 2 aliphatic rings. The van der Waals surface area contributed by atoms with Crippen LogP contribution in [0.4, 0.5) is 0 Å². The zero-order valence-corrected chi connectivity index (χ0v) is 12.5. The summed E-state index contributed by atoms with van der Waals surface area (Å²) in [6.45, 7) is 2.63. The second-order valence-electron chi connectivity index (χ2n) is 5.78. The number of aliphatic hydroxyl groups is 1. The van der Waals surface area contributed by atoms with Gasteiger partial charge in [-0.3, -0.25) is 14.7 Å². The molecule has 1 aromatic carbocycles. The van der Waals surface area contributed by atoms with Crippen molar-refractivity contribution in [1.82, 2.24) is 10.2 Å². The first-order valence-corrected chi connectivity index (χ1v) is 7.69. The summed E-state index contributed by atoms with van der Waals surface area (Å²) in [5.41, 5.74) is 3.24. The predicted molar refractivity (Wildman–Crippen MR) is 85.6 cm³/mol. The highest BCUT2D eigenvalue weighted by molar-refractivity contribution is 6.39. The SMILES string of the molecule is O=C(NCC(O)CN1CCc2ccccc2C1)C1=NC=CC1. The smallest absolute Gasteiger partial charge is 0.266 e. The van der Waals surface area contributed by atoms with Crippen molar-refractivity contribution >= 4 is 11.6 Å². The monoisotopic (exact) mass is 299 g/mol. The van der Waals surface area contributed by atoms with E-state index in [1.165, 1.54) is 11.1 Å². The van der Waals surface area contributed by atoms with Gasteiger partial charge in [0, 0.05) is 38.8 Å². The number of rotatable bonds is 5. The average Bonchev–Trinajstić information content (AvgIpc) is 3.07. The van der Waals surface area contributed by atoms with Crippen LogP contribution in [0.1, 0.15) is 17.5 Å². The molecule has 0 fully saturated rings. The van der Waals surface area contributed by atoms with Crippen molar-refractivity contribution in [2.24, 2.45) is 4.99 Å². The van der Waals surface area contributed by atoms with E-state index in [0.717, 1.165) is 19.5 Å². The number of aliphatic hydroxyl groups excluding tert-OH is 1. The van der Waals surface area contributed by atoms with E-state index in [4.69, 9.17) is 0 Å². The molecule has 0 aliphatic carbocycles. The van der Waals surface area contributed by atoms with Crippen LogP contribution < -0.4 is 5.32 Å². The number of hydrogen-bond donors (Lipinski definition) is 2. The van der Waals surface area contributed by atoms with E-state index in [1.54, 1.807) is 6.20 Å². The molecule has 0 saturated heterocycles. The summed E-state index contributed by atoms with van der Waals surface area (Å²) in [6, 6.07) is 8.43. The Hall–Kier alpha value is -1.98. The topological polar surface area (TPSA) is 64.9 Å². The minimum absolute atomic E-state index is 0.187. The van der Waals surface area contributed by atoms with Crippen molar-refractivity contribution in [3.8, 4) is 0 Å². The first kappa shape index (κ1) is 14.9. The van der Waals surface area contributed by atoms with Crippen LogP contribution in [0.25, 0.3) is 0 Å². The molecule has 3 rings (SSSR count). The third-order valence-electron chi connectivity index (χ3n) is 4.09. The van der Waals surface area contributed by atoms with E-state index in [0.29, 0.717) is 18.7 Å². The van der Waals surface area contributed by atoms with Gasteiger partial charge in [0.25, 0.3) is 5.91 Å². The summed E-state index contributed by atoms with van der Waals surface area (Å²) in [7, 11) is 0. The van der Waals surface area contributed by atoms with Crippen LogP contribution in [0.5, 0.6) is 0 Å². The molecule has 0 radical (unpaired) electrons. The largest absolute Gasteiger partial charge is 0.390 e. The Kier molecular flexibility index (Phi) is 4.65. The molecule has 22 heavy (non-hydrogen) atoms. The number of allylic oxidation sites excluding steroid dienone is 1. The molecule has 0 saturated carbocycles. The van der Waals surface area contributed by atoms with Gasteiger partial charge in [0.2, 0.25) is 0 Å². The van der Waals surface area contributed by atoms with E-state index in [1.807, 2.05) is 6.08 Å². The van der Waals surface area contributed by atoms with E-state index in [9.17, 15) is 9.90 Å². The lowest BCUT2D eigenvalue weighted by atomic mass is 10.00. The number of aliphatic imine (C=N–C) groups is 1. The van der Waals surface area contributed by atoms with Crippen molar-refractivity contribution in [3.63, 3.8) is 0 Å². The molecular weight excluding hydrogens is 278 g/mol. The Morgan fingerprint density at radius 2 is 2.18 bits per heavy atom. The normalized spacial score (nSPS) is 18.7. The van der Waals surface area contributed by atoms with Gasteiger partial charge < -0.3 is 10.4 Å². The second-order valence-corrected chi connectivity index (χ2v) is 5.78. The molecule has 0 bridgehead atoms. The Morgan fingerprint density at radius 1 is 1.36 bits per heavy atom. The third-order valence-corrected chi connectivity index (χ3v) is 4.09. The summed E-state index contributed by atoms with van der Waals surface area (Å²) in [4.78, 5) is 18.0. The number of carbonyl (C=O) groups is 1. The molecule has 1 aromatic rings. The van der Waals surface area contributed by atoms with Crippen LogP contribution in [0, 0.1) is 0 Å². The highest BCUT2D eigenvalue weighted by atomic mass is 16.3. The molecule has 1 atom stereocenters. The Bertz CT molecular complexity index is 610. The number of nitrogens with zero attached hydrogens (tertiary/aromatic N) is 2. The van der Waals surface area contributed by atoms with E-state index >= 15 is 0 Å². The third kappa shape index (κ3) is 3.61. The molecule has 5 heteroatoms. The van der Waals surface area contributed by atoms with Crippen molar-refractivity contribution < 1.29 is 9.90 Å². The summed E-state index contributed by atoms with van der Waals surface area (Å²) in [6.07, 6.45) is 4.50. The lowest BCUT2D eigenvalue weighted by molar-refractivity contribution is -0.115. The maximum absolute atomic E-state index is 11.8. The summed E-state index contributed by atoms with van der Waals surface area (Å²) in [5, 5.41) is 12.9. The summed E-state index contributed by atoms with van der Waals surface area (Å²) < 4.78 is 0. The Labute approximate surface area is 130 Å². The van der Waals surface area contributed by atoms with E-state index in [-0.39, 0.29) is 12.5 Å². The van der Waals surface area contributed by atoms with Gasteiger partial charge in [0.1, 0.15) is 5.71 Å². The summed E-state index contributed by atoms with van der Waals surface area (Å²) in [5.74, 6) is -0.187. The molecule has 1 amide bonds. The zero-order valence-electron chi connectivity index (χ0n) is 12.5. The number of hydrogen-bond acceptors (Lipinski definition) is 4. The maximum atomic E-state index is 11.8. The summed E-state index contributed by atoms with van der Waals surface area (Å²) >= 11 is 0. The van der Waals surface area contributed by atoms with Crippen molar-refractivity contribution in [2.45, 2.75) is 25.5 Å². The highest BCUT2D eigenvalue weighted by Gasteiger charge is 2.19. The van der Waals surface area contributed by atoms with Crippen LogP contribution in [0.2, 0.25) is 0 Å². The van der Waals surface area contributed by atoms with Crippen LogP contribution in [-0.2, 0) is 17.8 Å². The fraction of sp³-hybridized carbons (Fsp3) is 0.412. The zero-order chi connectivity index (χ0) is 15.4. The number of amides is 1. The van der Waals surface area contributed by atoms with Crippen LogP contribution >= 0.6 is 0 Å². The molecule has 116 valence electrons. The fourth-order valence-corrected chi connectivity index (χ4v) is 2.90. The van der Waals surface area contributed by atoms with Gasteiger partial charge in [-0.25, -0.2) is 0 Å². The number of β-amino-alcohol motifs (C(OH)–C–C–N with tert-alkyl or cyclic N) is 1. The van der Waals surface area contributed by atoms with E-state index < -0.39 is 6.10 Å². The van der Waals surface area contributed by atoms with Crippen molar-refractivity contribution in [1.29, 1.82) is 0 Å². The van der Waals surface area contributed by atoms with Crippen LogP contribution in [0.3, 0.4) is 0 Å². The van der Waals surface area contributed by atoms with Gasteiger partial charge in [0.05, 0.1) is 6.10 Å². The molecule has 5 nitrogen and oxygen atoms in total. The fourth-order valence-electron chi connectivity index (χ4n) is 2.90. The molecular formula is C17H21N3O2. The number of benzene rings is 1. The van der Waals surface area contributed by atoms with Crippen LogP contribution in [0.15, 0.2) is 41.5 Å². The second kappa shape index (κ2) is 6.85. The quantitative estimate of drug-likeness (QED) is 0.848. The lowest BCUT2D eigenvalue weighted by Crippen LogP contribution is -2.43. The molecule has 2 aliphatic heterocycles. The van der Waals surface area contributed by atoms with Crippen molar-refractivity contribution in [2.75, 3.05) is 19.6 Å². The molecule has 0 spiro atoms. The first-order valence-electron chi connectivity index (χ1n) is 7.69. The number of nitrogens with one attached hydrogen (secondary N) is 1. The van der Waals surface area contributed by atoms with Gasteiger partial charge in [-0.15, -0.1) is 0 Å². The molecule has 2 N–H and O–H groups in total. The molecule has 1 unspecified atom stereocenters. The molecule has 2 heterocycles. The van der Waals surface area contributed by atoms with Crippen molar-refractivity contribution in [3.05, 3.63) is 47.7 Å². The minimum atomic E-state index is -0.566. The molecule has 0 aromatic heterocycles. The average molecular weight is 299 g/mol. The van der Waals surface area contributed by atoms with E-state index in [2.05, 4.69) is 39.5 Å². The maximum Gasteiger partial charge on any atom is 0.266 e. The minimum Gasteiger partial charge on any atom is -0.390 e.